The highest BCUT2D eigenvalue weighted by Gasteiger charge is 2.00. The lowest BCUT2D eigenvalue weighted by molar-refractivity contribution is 0.960. The SMILES string of the molecule is CCc1ccc(-c2ccc(CCc3ccc(C#N)cc3)cc2)cc1. The van der Waals surface area contributed by atoms with Gasteiger partial charge in [0.15, 0.2) is 0 Å². The van der Waals surface area contributed by atoms with Crippen molar-refractivity contribution >= 4 is 0 Å². The average molecular weight is 311 g/mol. The van der Waals surface area contributed by atoms with Gasteiger partial charge < -0.3 is 0 Å². The second kappa shape index (κ2) is 7.62. The molecule has 0 aliphatic carbocycles. The van der Waals surface area contributed by atoms with Crippen LogP contribution in [0.15, 0.2) is 72.8 Å². The van der Waals surface area contributed by atoms with Crippen LogP contribution in [0.2, 0.25) is 0 Å². The molecule has 0 spiro atoms. The number of rotatable bonds is 5. The van der Waals surface area contributed by atoms with E-state index in [4.69, 9.17) is 5.26 Å². The molecule has 1 heteroatoms. The van der Waals surface area contributed by atoms with Gasteiger partial charge in [0.2, 0.25) is 0 Å². The Labute approximate surface area is 144 Å². The molecule has 0 heterocycles. The second-order valence-electron chi connectivity index (χ2n) is 6.06. The van der Waals surface area contributed by atoms with Crippen molar-refractivity contribution in [1.29, 1.82) is 5.26 Å². The van der Waals surface area contributed by atoms with E-state index >= 15 is 0 Å². The maximum Gasteiger partial charge on any atom is 0.0991 e. The fraction of sp³-hybridized carbons (Fsp3) is 0.174. The lowest BCUT2D eigenvalue weighted by Gasteiger charge is -2.06. The highest BCUT2D eigenvalue weighted by atomic mass is 14.2. The van der Waals surface area contributed by atoms with E-state index in [1.807, 2.05) is 24.3 Å². The molecule has 3 aromatic carbocycles. The van der Waals surface area contributed by atoms with E-state index < -0.39 is 0 Å². The molecule has 3 aromatic rings. The monoisotopic (exact) mass is 311 g/mol. The Morgan fingerprint density at radius 2 is 1.04 bits per heavy atom. The Hall–Kier alpha value is -2.85. The molecule has 24 heavy (non-hydrogen) atoms. The molecule has 0 atom stereocenters. The smallest absolute Gasteiger partial charge is 0.0991 e. The minimum absolute atomic E-state index is 0.720. The number of hydrogen-bond acceptors (Lipinski definition) is 1. The van der Waals surface area contributed by atoms with E-state index in [2.05, 4.69) is 61.5 Å². The van der Waals surface area contributed by atoms with Crippen LogP contribution in [0.1, 0.15) is 29.2 Å². The van der Waals surface area contributed by atoms with Crippen LogP contribution < -0.4 is 0 Å². The van der Waals surface area contributed by atoms with E-state index in [0.717, 1.165) is 24.8 Å². The van der Waals surface area contributed by atoms with Crippen LogP contribution in [-0.2, 0) is 19.3 Å². The topological polar surface area (TPSA) is 23.8 Å². The minimum atomic E-state index is 0.720. The molecular weight excluding hydrogens is 290 g/mol. The van der Waals surface area contributed by atoms with Gasteiger partial charge in [0, 0.05) is 0 Å². The first kappa shape index (κ1) is 16.0. The van der Waals surface area contributed by atoms with Crippen molar-refractivity contribution in [2.24, 2.45) is 0 Å². The predicted molar refractivity (Wildman–Crippen MR) is 99.8 cm³/mol. The zero-order valence-electron chi connectivity index (χ0n) is 14.0. The third-order valence-electron chi connectivity index (χ3n) is 4.43. The summed E-state index contributed by atoms with van der Waals surface area (Å²) in [6, 6.07) is 27.7. The number of benzene rings is 3. The Morgan fingerprint density at radius 3 is 1.46 bits per heavy atom. The molecule has 1 nitrogen and oxygen atoms in total. The summed E-state index contributed by atoms with van der Waals surface area (Å²) in [4.78, 5) is 0. The summed E-state index contributed by atoms with van der Waals surface area (Å²) in [5.74, 6) is 0. The fourth-order valence-electron chi connectivity index (χ4n) is 2.83. The molecule has 0 aliphatic rings. The Bertz CT molecular complexity index is 819. The van der Waals surface area contributed by atoms with E-state index in [-0.39, 0.29) is 0 Å². The molecule has 0 radical (unpaired) electrons. The summed E-state index contributed by atoms with van der Waals surface area (Å²) in [5.41, 5.74) is 7.24. The molecule has 0 unspecified atom stereocenters. The molecule has 3 rings (SSSR count). The normalized spacial score (nSPS) is 10.3. The van der Waals surface area contributed by atoms with E-state index in [9.17, 15) is 0 Å². The number of aryl methyl sites for hydroxylation is 3. The van der Waals surface area contributed by atoms with Crippen molar-refractivity contribution in [3.8, 4) is 17.2 Å². The van der Waals surface area contributed by atoms with Gasteiger partial charge in [0.05, 0.1) is 11.6 Å². The molecule has 0 aliphatic heterocycles. The highest BCUT2D eigenvalue weighted by Crippen LogP contribution is 2.21. The highest BCUT2D eigenvalue weighted by molar-refractivity contribution is 5.64. The third-order valence-corrected chi connectivity index (χ3v) is 4.43. The van der Waals surface area contributed by atoms with Gasteiger partial charge in [-0.1, -0.05) is 67.6 Å². The number of nitrogens with zero attached hydrogens (tertiary/aromatic N) is 1. The number of nitriles is 1. The van der Waals surface area contributed by atoms with Crippen molar-refractivity contribution in [1.82, 2.24) is 0 Å². The van der Waals surface area contributed by atoms with Crippen LogP contribution >= 0.6 is 0 Å². The van der Waals surface area contributed by atoms with Gasteiger partial charge in [-0.3, -0.25) is 0 Å². The maximum absolute atomic E-state index is 8.84. The summed E-state index contributed by atoms with van der Waals surface area (Å²) < 4.78 is 0. The van der Waals surface area contributed by atoms with Crippen LogP contribution in [0.5, 0.6) is 0 Å². The standard InChI is InChI=1S/C23H21N/c1-2-18-9-13-22(14-10-18)23-15-11-20(12-16-23)4-3-19-5-7-21(17-24)8-6-19/h5-16H,2-4H2,1H3. The van der Waals surface area contributed by atoms with Crippen LogP contribution in [0.4, 0.5) is 0 Å². The molecule has 0 bridgehead atoms. The minimum Gasteiger partial charge on any atom is -0.192 e. The molecule has 0 amide bonds. The van der Waals surface area contributed by atoms with Gasteiger partial charge in [-0.25, -0.2) is 0 Å². The first-order chi connectivity index (χ1) is 11.8. The lowest BCUT2D eigenvalue weighted by Crippen LogP contribution is -1.91. The first-order valence-electron chi connectivity index (χ1n) is 8.46. The first-order valence-corrected chi connectivity index (χ1v) is 8.46. The quantitative estimate of drug-likeness (QED) is 0.604. The van der Waals surface area contributed by atoms with Gasteiger partial charge in [0.1, 0.15) is 0 Å². The van der Waals surface area contributed by atoms with Gasteiger partial charge in [0.25, 0.3) is 0 Å². The summed E-state index contributed by atoms with van der Waals surface area (Å²) in [6.07, 6.45) is 3.09. The van der Waals surface area contributed by atoms with E-state index in [1.165, 1.54) is 27.8 Å². The molecule has 0 aromatic heterocycles. The van der Waals surface area contributed by atoms with Gasteiger partial charge in [-0.05, 0) is 59.2 Å². The molecule has 0 N–H and O–H groups in total. The van der Waals surface area contributed by atoms with Crippen molar-refractivity contribution < 1.29 is 0 Å². The Kier molecular flexibility index (Phi) is 5.08. The Morgan fingerprint density at radius 1 is 0.625 bits per heavy atom. The van der Waals surface area contributed by atoms with Gasteiger partial charge >= 0.3 is 0 Å². The maximum atomic E-state index is 8.84. The average Bonchev–Trinajstić information content (AvgIpc) is 2.67. The van der Waals surface area contributed by atoms with E-state index in [0.29, 0.717) is 0 Å². The van der Waals surface area contributed by atoms with Crippen molar-refractivity contribution in [2.45, 2.75) is 26.2 Å². The van der Waals surface area contributed by atoms with Gasteiger partial charge in [-0.2, -0.15) is 5.26 Å². The zero-order chi connectivity index (χ0) is 16.8. The second-order valence-corrected chi connectivity index (χ2v) is 6.06. The third kappa shape index (κ3) is 3.91. The van der Waals surface area contributed by atoms with Crippen molar-refractivity contribution in [3.63, 3.8) is 0 Å². The van der Waals surface area contributed by atoms with Crippen LogP contribution in [0, 0.1) is 11.3 Å². The fourth-order valence-corrected chi connectivity index (χ4v) is 2.83. The zero-order valence-corrected chi connectivity index (χ0v) is 14.0. The molecular formula is C23H21N. The Balaban J connectivity index is 1.64. The van der Waals surface area contributed by atoms with Crippen molar-refractivity contribution in [2.75, 3.05) is 0 Å². The summed E-state index contributed by atoms with van der Waals surface area (Å²) >= 11 is 0. The van der Waals surface area contributed by atoms with E-state index in [1.54, 1.807) is 0 Å². The molecule has 0 saturated heterocycles. The number of hydrogen-bond donors (Lipinski definition) is 0. The molecule has 118 valence electrons. The van der Waals surface area contributed by atoms with Crippen molar-refractivity contribution in [3.05, 3.63) is 95.1 Å². The molecule has 0 saturated carbocycles. The van der Waals surface area contributed by atoms with Crippen LogP contribution in [-0.4, -0.2) is 0 Å². The van der Waals surface area contributed by atoms with Crippen LogP contribution in [0.3, 0.4) is 0 Å². The largest absolute Gasteiger partial charge is 0.192 e. The summed E-state index contributed by atoms with van der Waals surface area (Å²) in [7, 11) is 0. The van der Waals surface area contributed by atoms with Crippen LogP contribution in [0.25, 0.3) is 11.1 Å². The summed E-state index contributed by atoms with van der Waals surface area (Å²) in [5, 5.41) is 8.84. The lowest BCUT2D eigenvalue weighted by atomic mass is 9.99. The molecule has 0 fully saturated rings. The summed E-state index contributed by atoms with van der Waals surface area (Å²) in [6.45, 7) is 2.18. The predicted octanol–water partition coefficient (Wildman–Crippen LogP) is 5.57. The van der Waals surface area contributed by atoms with Gasteiger partial charge in [-0.15, -0.1) is 0 Å².